The molecular weight excluding hydrogens is 522 g/mol. The van der Waals surface area contributed by atoms with Crippen LogP contribution in [0.15, 0.2) is 58.5 Å². The average Bonchev–Trinajstić information content (AvgIpc) is 2.58. The van der Waals surface area contributed by atoms with Gasteiger partial charge in [0.15, 0.2) is 0 Å². The number of phenolic OH excluding ortho intramolecular Hbond substituents is 2. The SMILES string of the molecule is O.O.O.O.O=C(O)CN=Cc1ccccc1O.O=C(O)CN=Cc1ccccc1O.[Ni].[Ni]. The van der Waals surface area contributed by atoms with Crippen LogP contribution in [0, 0.1) is 0 Å². The van der Waals surface area contributed by atoms with E-state index in [2.05, 4.69) is 9.98 Å². The largest absolute Gasteiger partial charge is 0.507 e. The molecule has 0 heterocycles. The second-order valence-corrected chi connectivity index (χ2v) is 4.84. The average molecular weight is 548 g/mol. The second kappa shape index (κ2) is 24.4. The van der Waals surface area contributed by atoms with Crippen molar-refractivity contribution in [3.63, 3.8) is 0 Å². The van der Waals surface area contributed by atoms with Crippen LogP contribution < -0.4 is 0 Å². The summed E-state index contributed by atoms with van der Waals surface area (Å²) in [5, 5.41) is 35.0. The predicted octanol–water partition coefficient (Wildman–Crippen LogP) is -1.51. The van der Waals surface area contributed by atoms with Gasteiger partial charge in [-0.1, -0.05) is 24.3 Å². The van der Waals surface area contributed by atoms with E-state index < -0.39 is 11.9 Å². The van der Waals surface area contributed by atoms with Crippen LogP contribution in [0.3, 0.4) is 0 Å². The van der Waals surface area contributed by atoms with Gasteiger partial charge in [0.2, 0.25) is 0 Å². The molecule has 0 spiro atoms. The smallest absolute Gasteiger partial charge is 0.325 e. The second-order valence-electron chi connectivity index (χ2n) is 4.84. The number of hydrogen-bond acceptors (Lipinski definition) is 6. The summed E-state index contributed by atoms with van der Waals surface area (Å²) in [6.45, 7) is -0.567. The number of carboxylic acid groups (broad SMARTS) is 2. The zero-order valence-corrected chi connectivity index (χ0v) is 18.3. The van der Waals surface area contributed by atoms with Crippen molar-refractivity contribution in [2.75, 3.05) is 13.1 Å². The fourth-order valence-corrected chi connectivity index (χ4v) is 1.64. The van der Waals surface area contributed by atoms with Gasteiger partial charge in [0.1, 0.15) is 24.6 Å². The zero-order valence-electron chi connectivity index (χ0n) is 16.3. The summed E-state index contributed by atoms with van der Waals surface area (Å²) in [6, 6.07) is 13.2. The Kier molecular flexibility index (Phi) is 32.9. The first kappa shape index (κ1) is 43.1. The van der Waals surface area contributed by atoms with Crippen molar-refractivity contribution in [2.24, 2.45) is 9.98 Å². The Hall–Kier alpha value is -2.85. The number of carbonyl (C=O) groups is 2. The molecule has 0 radical (unpaired) electrons. The van der Waals surface area contributed by atoms with Gasteiger partial charge < -0.3 is 42.3 Å². The van der Waals surface area contributed by atoms with Crippen molar-refractivity contribution in [1.29, 1.82) is 0 Å². The van der Waals surface area contributed by atoms with Crippen molar-refractivity contribution in [2.45, 2.75) is 0 Å². The molecule has 2 aromatic rings. The molecule has 0 amide bonds. The van der Waals surface area contributed by atoms with E-state index in [4.69, 9.17) is 10.2 Å². The number of nitrogens with zero attached hydrogens (tertiary/aromatic N) is 2. The number of aliphatic imine (C=N–C) groups is 2. The molecule has 0 bridgehead atoms. The number of rotatable bonds is 6. The van der Waals surface area contributed by atoms with E-state index in [0.717, 1.165) is 0 Å². The third kappa shape index (κ3) is 19.1. The number of carboxylic acids is 2. The summed E-state index contributed by atoms with van der Waals surface area (Å²) in [5.74, 6) is -1.80. The van der Waals surface area contributed by atoms with Crippen molar-refractivity contribution in [3.8, 4) is 11.5 Å². The van der Waals surface area contributed by atoms with Gasteiger partial charge in [-0.05, 0) is 24.3 Å². The zero-order chi connectivity index (χ0) is 19.4. The van der Waals surface area contributed by atoms with Crippen molar-refractivity contribution in [1.82, 2.24) is 0 Å². The predicted molar refractivity (Wildman–Crippen MR) is 111 cm³/mol. The topological polar surface area (TPSA) is 266 Å². The quantitative estimate of drug-likeness (QED) is 0.246. The molecule has 0 aliphatic heterocycles. The first-order valence-corrected chi connectivity index (χ1v) is 7.39. The minimum absolute atomic E-state index is 0. The Balaban J connectivity index is -0.0000000889. The maximum absolute atomic E-state index is 10.1. The van der Waals surface area contributed by atoms with E-state index in [9.17, 15) is 19.8 Å². The Morgan fingerprint density at radius 3 is 1.19 bits per heavy atom. The fourth-order valence-electron chi connectivity index (χ4n) is 1.64. The molecule has 0 aliphatic carbocycles. The Morgan fingerprint density at radius 2 is 0.938 bits per heavy atom. The van der Waals surface area contributed by atoms with Crippen LogP contribution in [0.4, 0.5) is 0 Å². The number of phenols is 2. The summed E-state index contributed by atoms with van der Waals surface area (Å²) < 4.78 is 0. The first-order valence-electron chi connectivity index (χ1n) is 7.39. The maximum Gasteiger partial charge on any atom is 0.325 e. The van der Waals surface area contributed by atoms with Crippen molar-refractivity contribution < 1.29 is 84.9 Å². The van der Waals surface area contributed by atoms with Gasteiger partial charge in [0.25, 0.3) is 0 Å². The van der Waals surface area contributed by atoms with E-state index in [1.165, 1.54) is 24.6 Å². The molecule has 0 fully saturated rings. The third-order valence-corrected chi connectivity index (χ3v) is 2.79. The van der Waals surface area contributed by atoms with Crippen molar-refractivity contribution >= 4 is 24.4 Å². The molecule has 188 valence electrons. The molecule has 12 N–H and O–H groups in total. The molecule has 14 heteroatoms. The van der Waals surface area contributed by atoms with Crippen LogP contribution in [-0.2, 0) is 42.6 Å². The van der Waals surface area contributed by atoms with Crippen molar-refractivity contribution in [3.05, 3.63) is 59.7 Å². The van der Waals surface area contributed by atoms with E-state index in [1.54, 1.807) is 36.4 Å². The van der Waals surface area contributed by atoms with Gasteiger partial charge in [0.05, 0.1) is 0 Å². The minimum atomic E-state index is -0.994. The maximum atomic E-state index is 10.1. The van der Waals surface area contributed by atoms with Crippen LogP contribution in [0.5, 0.6) is 11.5 Å². The Bertz CT molecular complexity index is 752. The van der Waals surface area contributed by atoms with E-state index in [-0.39, 0.29) is 79.5 Å². The Morgan fingerprint density at radius 1 is 0.656 bits per heavy atom. The molecule has 2 aromatic carbocycles. The molecule has 2 rings (SSSR count). The molecule has 0 saturated carbocycles. The van der Waals surface area contributed by atoms with Crippen LogP contribution >= 0.6 is 0 Å². The molecule has 0 unspecified atom stereocenters. The molecule has 0 saturated heterocycles. The molecule has 32 heavy (non-hydrogen) atoms. The fraction of sp³-hybridized carbons (Fsp3) is 0.111. The number of aromatic hydroxyl groups is 2. The van der Waals surface area contributed by atoms with Gasteiger partial charge in [-0.3, -0.25) is 19.6 Å². The van der Waals surface area contributed by atoms with Gasteiger partial charge in [-0.2, -0.15) is 0 Å². The molecule has 0 aliphatic rings. The third-order valence-electron chi connectivity index (χ3n) is 2.79. The van der Waals surface area contributed by atoms with E-state index in [0.29, 0.717) is 11.1 Å². The normalized spacial score (nSPS) is 8.50. The summed E-state index contributed by atoms with van der Waals surface area (Å²) in [6.07, 6.45) is 2.67. The summed E-state index contributed by atoms with van der Waals surface area (Å²) in [4.78, 5) is 27.4. The molecule has 12 nitrogen and oxygen atoms in total. The monoisotopic (exact) mass is 546 g/mol. The number of para-hydroxylation sites is 2. The summed E-state index contributed by atoms with van der Waals surface area (Å²) in [7, 11) is 0. The van der Waals surface area contributed by atoms with Gasteiger partial charge >= 0.3 is 11.9 Å². The summed E-state index contributed by atoms with van der Waals surface area (Å²) in [5.41, 5.74) is 1.03. The summed E-state index contributed by atoms with van der Waals surface area (Å²) >= 11 is 0. The van der Waals surface area contributed by atoms with Crippen LogP contribution in [-0.4, -0.2) is 79.8 Å². The standard InChI is InChI=1S/2C9H9NO3.2Ni.4H2O/c2*11-8-4-2-1-3-7(8)5-10-6-9(12)13;;;;;;/h2*1-5,11H,6H2,(H,12,13);;;4*1H2. The molecule has 0 aromatic heterocycles. The molecular formula is C18H26N2Ni2O10. The van der Waals surface area contributed by atoms with Crippen LogP contribution in [0.2, 0.25) is 0 Å². The van der Waals surface area contributed by atoms with Gasteiger partial charge in [-0.15, -0.1) is 0 Å². The van der Waals surface area contributed by atoms with Crippen LogP contribution in [0.25, 0.3) is 0 Å². The Labute approximate surface area is 203 Å². The van der Waals surface area contributed by atoms with E-state index in [1.807, 2.05) is 0 Å². The number of aliphatic carboxylic acids is 2. The van der Waals surface area contributed by atoms with Crippen LogP contribution in [0.1, 0.15) is 11.1 Å². The first-order chi connectivity index (χ1) is 12.4. The van der Waals surface area contributed by atoms with E-state index >= 15 is 0 Å². The van der Waals surface area contributed by atoms with Gasteiger partial charge in [-0.25, -0.2) is 0 Å². The number of benzene rings is 2. The van der Waals surface area contributed by atoms with Gasteiger partial charge in [0, 0.05) is 56.5 Å². The minimum Gasteiger partial charge on any atom is -0.507 e. The molecule has 0 atom stereocenters. The number of hydrogen-bond donors (Lipinski definition) is 4.